The minimum atomic E-state index is -0.330. The first-order valence-electron chi connectivity index (χ1n) is 7.44. The van der Waals surface area contributed by atoms with E-state index in [1.54, 1.807) is 34.4 Å². The summed E-state index contributed by atoms with van der Waals surface area (Å²) in [4.78, 5) is 27.4. The minimum absolute atomic E-state index is 0.0437. The number of nitrogens with zero attached hydrogens (tertiary/aromatic N) is 1. The van der Waals surface area contributed by atoms with Crippen molar-refractivity contribution in [1.82, 2.24) is 5.32 Å². The molecule has 0 unspecified atom stereocenters. The lowest BCUT2D eigenvalue weighted by Crippen LogP contribution is -2.34. The Morgan fingerprint density at radius 1 is 1.39 bits per heavy atom. The molecule has 2 aromatic rings. The zero-order valence-electron chi connectivity index (χ0n) is 12.7. The van der Waals surface area contributed by atoms with Crippen LogP contribution in [-0.2, 0) is 9.59 Å². The van der Waals surface area contributed by atoms with E-state index in [9.17, 15) is 9.59 Å². The standard InChI is InChI=1S/C17H17ClN2O2S/c1-11(15-6-3-7-23-15)19-17(22)12-8-16(21)20(10-12)14-5-2-4-13(18)9-14/h2-7,9,11-12H,8,10H2,1H3,(H,19,22)/t11-,12+/m0/s1. The number of thiophene rings is 1. The van der Waals surface area contributed by atoms with E-state index in [1.807, 2.05) is 30.5 Å². The fraction of sp³-hybridized carbons (Fsp3) is 0.294. The monoisotopic (exact) mass is 348 g/mol. The van der Waals surface area contributed by atoms with Gasteiger partial charge in [-0.1, -0.05) is 23.7 Å². The van der Waals surface area contributed by atoms with Gasteiger partial charge in [-0.3, -0.25) is 9.59 Å². The molecule has 1 saturated heterocycles. The minimum Gasteiger partial charge on any atom is -0.348 e. The molecular formula is C17H17ClN2O2S. The molecule has 2 atom stereocenters. The first-order valence-corrected chi connectivity index (χ1v) is 8.70. The molecule has 1 aromatic heterocycles. The maximum atomic E-state index is 12.4. The Morgan fingerprint density at radius 3 is 2.91 bits per heavy atom. The number of hydrogen-bond acceptors (Lipinski definition) is 3. The number of amides is 2. The summed E-state index contributed by atoms with van der Waals surface area (Å²) in [5, 5.41) is 5.56. The Morgan fingerprint density at radius 2 is 2.22 bits per heavy atom. The van der Waals surface area contributed by atoms with E-state index in [0.29, 0.717) is 11.6 Å². The third-order valence-electron chi connectivity index (χ3n) is 3.94. The van der Waals surface area contributed by atoms with E-state index >= 15 is 0 Å². The first kappa shape index (κ1) is 16.0. The zero-order chi connectivity index (χ0) is 16.4. The van der Waals surface area contributed by atoms with Gasteiger partial charge in [0.2, 0.25) is 11.8 Å². The molecule has 1 aliphatic heterocycles. The predicted molar refractivity (Wildman–Crippen MR) is 92.8 cm³/mol. The SMILES string of the molecule is C[C@H](NC(=O)[C@@H]1CC(=O)N(c2cccc(Cl)c2)C1)c1cccs1. The molecule has 6 heteroatoms. The molecule has 1 aliphatic rings. The summed E-state index contributed by atoms with van der Waals surface area (Å²) >= 11 is 7.59. The Labute approximate surface area is 144 Å². The maximum absolute atomic E-state index is 12.4. The molecule has 0 spiro atoms. The second-order valence-electron chi connectivity index (χ2n) is 5.63. The highest BCUT2D eigenvalue weighted by atomic mass is 35.5. The number of rotatable bonds is 4. The average Bonchev–Trinajstić information content (AvgIpc) is 3.16. The lowest BCUT2D eigenvalue weighted by atomic mass is 10.1. The number of anilines is 1. The van der Waals surface area contributed by atoms with Gasteiger partial charge in [0.1, 0.15) is 0 Å². The summed E-state index contributed by atoms with van der Waals surface area (Å²) in [5.41, 5.74) is 0.740. The lowest BCUT2D eigenvalue weighted by Gasteiger charge is -2.18. The van der Waals surface area contributed by atoms with Crippen LogP contribution >= 0.6 is 22.9 Å². The summed E-state index contributed by atoms with van der Waals surface area (Å²) in [6, 6.07) is 11.1. The average molecular weight is 349 g/mol. The van der Waals surface area contributed by atoms with Crippen LogP contribution in [0.4, 0.5) is 5.69 Å². The molecule has 0 aliphatic carbocycles. The molecule has 120 valence electrons. The second-order valence-corrected chi connectivity index (χ2v) is 7.05. The number of halogens is 1. The summed E-state index contributed by atoms with van der Waals surface area (Å²) in [5.74, 6) is -0.455. The Bertz CT molecular complexity index is 717. The molecule has 1 fully saturated rings. The zero-order valence-corrected chi connectivity index (χ0v) is 14.2. The van der Waals surface area contributed by atoms with E-state index in [0.717, 1.165) is 10.6 Å². The van der Waals surface area contributed by atoms with Crippen LogP contribution in [0.1, 0.15) is 24.3 Å². The second kappa shape index (κ2) is 6.72. The molecule has 4 nitrogen and oxygen atoms in total. The van der Waals surface area contributed by atoms with E-state index < -0.39 is 0 Å². The normalized spacial score (nSPS) is 19.0. The summed E-state index contributed by atoms with van der Waals surface area (Å²) in [6.45, 7) is 2.34. The van der Waals surface area contributed by atoms with Crippen molar-refractivity contribution in [2.45, 2.75) is 19.4 Å². The molecule has 0 radical (unpaired) electrons. The Balaban J connectivity index is 1.66. The van der Waals surface area contributed by atoms with Crippen LogP contribution in [0.2, 0.25) is 5.02 Å². The molecule has 23 heavy (non-hydrogen) atoms. The molecule has 0 bridgehead atoms. The van der Waals surface area contributed by atoms with E-state index in [2.05, 4.69) is 5.32 Å². The summed E-state index contributed by atoms with van der Waals surface area (Å²) in [7, 11) is 0. The molecular weight excluding hydrogens is 332 g/mol. The van der Waals surface area contributed by atoms with E-state index in [4.69, 9.17) is 11.6 Å². The van der Waals surface area contributed by atoms with Gasteiger partial charge in [-0.2, -0.15) is 0 Å². The first-order chi connectivity index (χ1) is 11.0. The Kier molecular flexibility index (Phi) is 4.68. The van der Waals surface area contributed by atoms with Gasteiger partial charge < -0.3 is 10.2 Å². The highest BCUT2D eigenvalue weighted by Crippen LogP contribution is 2.28. The highest BCUT2D eigenvalue weighted by Gasteiger charge is 2.35. The smallest absolute Gasteiger partial charge is 0.227 e. The van der Waals surface area contributed by atoms with Crippen LogP contribution in [0.3, 0.4) is 0 Å². The van der Waals surface area contributed by atoms with Gasteiger partial charge in [-0.15, -0.1) is 11.3 Å². The number of carbonyl (C=O) groups is 2. The van der Waals surface area contributed by atoms with Crippen molar-refractivity contribution in [3.63, 3.8) is 0 Å². The van der Waals surface area contributed by atoms with Crippen molar-refractivity contribution in [3.05, 3.63) is 51.7 Å². The fourth-order valence-corrected chi connectivity index (χ4v) is 3.64. The topological polar surface area (TPSA) is 49.4 Å². The molecule has 1 N–H and O–H groups in total. The van der Waals surface area contributed by atoms with Crippen LogP contribution in [0, 0.1) is 5.92 Å². The van der Waals surface area contributed by atoms with Crippen molar-refractivity contribution in [1.29, 1.82) is 0 Å². The number of nitrogens with one attached hydrogen (secondary N) is 1. The molecule has 0 saturated carbocycles. The van der Waals surface area contributed by atoms with Crippen molar-refractivity contribution < 1.29 is 9.59 Å². The van der Waals surface area contributed by atoms with Crippen molar-refractivity contribution >= 4 is 40.4 Å². The van der Waals surface area contributed by atoms with E-state index in [1.165, 1.54) is 0 Å². The molecule has 3 rings (SSSR count). The Hall–Kier alpha value is -1.85. The van der Waals surface area contributed by atoms with Crippen molar-refractivity contribution in [2.75, 3.05) is 11.4 Å². The van der Waals surface area contributed by atoms with E-state index in [-0.39, 0.29) is 30.2 Å². The third kappa shape index (κ3) is 3.57. The maximum Gasteiger partial charge on any atom is 0.227 e. The number of benzene rings is 1. The van der Waals surface area contributed by atoms with Gasteiger partial charge in [0.25, 0.3) is 0 Å². The molecule has 2 heterocycles. The summed E-state index contributed by atoms with van der Waals surface area (Å²) < 4.78 is 0. The van der Waals surface area contributed by atoms with Crippen molar-refractivity contribution in [2.24, 2.45) is 5.92 Å². The number of carbonyl (C=O) groups excluding carboxylic acids is 2. The third-order valence-corrected chi connectivity index (χ3v) is 5.23. The van der Waals surface area contributed by atoms with Crippen LogP contribution in [-0.4, -0.2) is 18.4 Å². The van der Waals surface area contributed by atoms with Gasteiger partial charge in [0.15, 0.2) is 0 Å². The van der Waals surface area contributed by atoms with Crippen LogP contribution in [0.15, 0.2) is 41.8 Å². The van der Waals surface area contributed by atoms with Crippen LogP contribution < -0.4 is 10.2 Å². The molecule has 2 amide bonds. The van der Waals surface area contributed by atoms with Gasteiger partial charge in [-0.05, 0) is 36.6 Å². The van der Waals surface area contributed by atoms with Gasteiger partial charge in [0, 0.05) is 28.6 Å². The number of hydrogen-bond donors (Lipinski definition) is 1. The molecule has 1 aromatic carbocycles. The van der Waals surface area contributed by atoms with Gasteiger partial charge in [0.05, 0.1) is 12.0 Å². The predicted octanol–water partition coefficient (Wildman–Crippen LogP) is 3.63. The largest absolute Gasteiger partial charge is 0.348 e. The highest BCUT2D eigenvalue weighted by molar-refractivity contribution is 7.10. The van der Waals surface area contributed by atoms with Gasteiger partial charge >= 0.3 is 0 Å². The summed E-state index contributed by atoms with van der Waals surface area (Å²) in [6.07, 6.45) is 0.232. The fourth-order valence-electron chi connectivity index (χ4n) is 2.72. The van der Waals surface area contributed by atoms with Crippen LogP contribution in [0.25, 0.3) is 0 Å². The van der Waals surface area contributed by atoms with Gasteiger partial charge in [-0.25, -0.2) is 0 Å². The van der Waals surface area contributed by atoms with Crippen LogP contribution in [0.5, 0.6) is 0 Å². The quantitative estimate of drug-likeness (QED) is 0.917. The lowest BCUT2D eigenvalue weighted by molar-refractivity contribution is -0.126. The van der Waals surface area contributed by atoms with Crippen molar-refractivity contribution in [3.8, 4) is 0 Å².